The van der Waals surface area contributed by atoms with E-state index in [0.29, 0.717) is 5.82 Å². The highest BCUT2D eigenvalue weighted by molar-refractivity contribution is 7.99. The van der Waals surface area contributed by atoms with Gasteiger partial charge in [-0.15, -0.1) is 0 Å². The molecule has 0 fully saturated rings. The van der Waals surface area contributed by atoms with Crippen molar-refractivity contribution in [1.29, 1.82) is 0 Å². The number of H-pyrrole nitrogens is 1. The smallest absolute Gasteiger partial charge is 0.232 e. The lowest BCUT2D eigenvalue weighted by molar-refractivity contribution is -0.107. The van der Waals surface area contributed by atoms with Gasteiger partial charge in [0.15, 0.2) is 0 Å². The summed E-state index contributed by atoms with van der Waals surface area (Å²) in [7, 11) is 0. The van der Waals surface area contributed by atoms with E-state index in [1.807, 2.05) is 42.5 Å². The Balaban J connectivity index is 1.77. The van der Waals surface area contributed by atoms with Gasteiger partial charge in [0.25, 0.3) is 0 Å². The SMILES string of the molecule is CC(C)(C)c1cc(NN(C=O)c2cccc(Sc3ccncc3)c2)[nH]n1. The molecule has 2 heterocycles. The quantitative estimate of drug-likeness (QED) is 0.503. The van der Waals surface area contributed by atoms with Crippen LogP contribution in [0, 0.1) is 0 Å². The van der Waals surface area contributed by atoms with E-state index in [1.165, 1.54) is 5.01 Å². The molecule has 0 unspecified atom stereocenters. The van der Waals surface area contributed by atoms with Crippen LogP contribution in [0.25, 0.3) is 0 Å². The van der Waals surface area contributed by atoms with Crippen LogP contribution < -0.4 is 10.4 Å². The number of nitrogens with zero attached hydrogens (tertiary/aromatic N) is 3. The minimum absolute atomic E-state index is 0.0659. The van der Waals surface area contributed by atoms with Crippen LogP contribution in [-0.2, 0) is 10.2 Å². The first-order valence-electron chi connectivity index (χ1n) is 8.21. The van der Waals surface area contributed by atoms with E-state index in [2.05, 4.69) is 41.4 Å². The molecule has 26 heavy (non-hydrogen) atoms. The lowest BCUT2D eigenvalue weighted by Gasteiger charge is -2.19. The van der Waals surface area contributed by atoms with Crippen molar-refractivity contribution in [2.24, 2.45) is 0 Å². The van der Waals surface area contributed by atoms with Crippen molar-refractivity contribution < 1.29 is 4.79 Å². The predicted molar refractivity (Wildman–Crippen MR) is 104 cm³/mol. The summed E-state index contributed by atoms with van der Waals surface area (Å²) >= 11 is 1.61. The Morgan fingerprint density at radius 3 is 2.54 bits per heavy atom. The number of nitrogens with one attached hydrogen (secondary N) is 2. The van der Waals surface area contributed by atoms with Crippen LogP contribution >= 0.6 is 11.8 Å². The lowest BCUT2D eigenvalue weighted by atomic mass is 9.92. The topological polar surface area (TPSA) is 73.9 Å². The van der Waals surface area contributed by atoms with Gasteiger partial charge in [0, 0.05) is 33.7 Å². The third-order valence-corrected chi connectivity index (χ3v) is 4.67. The number of pyridine rings is 1. The van der Waals surface area contributed by atoms with Crippen LogP contribution in [0.3, 0.4) is 0 Å². The first-order valence-corrected chi connectivity index (χ1v) is 9.02. The second-order valence-corrected chi connectivity index (χ2v) is 7.93. The fraction of sp³-hybridized carbons (Fsp3) is 0.211. The molecule has 7 heteroatoms. The molecule has 6 nitrogen and oxygen atoms in total. The summed E-state index contributed by atoms with van der Waals surface area (Å²) in [5.41, 5.74) is 4.66. The number of benzene rings is 1. The van der Waals surface area contributed by atoms with Gasteiger partial charge in [0.05, 0.1) is 11.4 Å². The summed E-state index contributed by atoms with van der Waals surface area (Å²) in [6.45, 7) is 6.26. The van der Waals surface area contributed by atoms with Gasteiger partial charge < -0.3 is 0 Å². The average Bonchev–Trinajstić information content (AvgIpc) is 3.10. The monoisotopic (exact) mass is 367 g/mol. The van der Waals surface area contributed by atoms with Crippen LogP contribution in [0.5, 0.6) is 0 Å². The van der Waals surface area contributed by atoms with Crippen molar-refractivity contribution >= 4 is 29.7 Å². The number of anilines is 2. The molecule has 0 aliphatic carbocycles. The zero-order valence-corrected chi connectivity index (χ0v) is 15.7. The summed E-state index contributed by atoms with van der Waals surface area (Å²) in [6.07, 6.45) is 4.26. The molecule has 1 amide bonds. The van der Waals surface area contributed by atoms with Gasteiger partial charge in [-0.05, 0) is 30.3 Å². The Bertz CT molecular complexity index is 873. The number of carbonyl (C=O) groups excluding carboxylic acids is 1. The van der Waals surface area contributed by atoms with Crippen molar-refractivity contribution in [3.63, 3.8) is 0 Å². The van der Waals surface area contributed by atoms with Crippen molar-refractivity contribution in [2.75, 3.05) is 10.4 Å². The highest BCUT2D eigenvalue weighted by Crippen LogP contribution is 2.30. The number of aromatic nitrogens is 3. The molecule has 134 valence electrons. The largest absolute Gasteiger partial charge is 0.276 e. The molecule has 2 N–H and O–H groups in total. The molecule has 3 aromatic rings. The van der Waals surface area contributed by atoms with Crippen LogP contribution in [-0.4, -0.2) is 21.6 Å². The number of amides is 1. The minimum atomic E-state index is -0.0659. The van der Waals surface area contributed by atoms with E-state index in [1.54, 1.807) is 24.2 Å². The molecular formula is C19H21N5OS. The molecule has 0 saturated heterocycles. The van der Waals surface area contributed by atoms with Crippen molar-refractivity contribution in [3.05, 3.63) is 60.6 Å². The molecule has 0 atom stereocenters. The van der Waals surface area contributed by atoms with Crippen molar-refractivity contribution in [2.45, 2.75) is 36.0 Å². The normalized spacial score (nSPS) is 11.2. The molecule has 0 spiro atoms. The summed E-state index contributed by atoms with van der Waals surface area (Å²) in [5.74, 6) is 0.661. The van der Waals surface area contributed by atoms with Gasteiger partial charge in [0.2, 0.25) is 6.41 Å². The molecule has 0 radical (unpaired) electrons. The standard InChI is InChI=1S/C19H21N5OS/c1-19(2,3)17-12-18(22-21-17)23-24(13-25)14-5-4-6-16(11-14)26-15-7-9-20-10-8-15/h4-13H,1-3H3,(H2,21,22,23). The molecule has 0 aliphatic heterocycles. The highest BCUT2D eigenvalue weighted by atomic mass is 32.2. The zero-order valence-electron chi connectivity index (χ0n) is 14.9. The Labute approximate surface area is 157 Å². The van der Waals surface area contributed by atoms with Crippen molar-refractivity contribution in [3.8, 4) is 0 Å². The highest BCUT2D eigenvalue weighted by Gasteiger charge is 2.18. The maximum atomic E-state index is 11.6. The van der Waals surface area contributed by atoms with Gasteiger partial charge in [-0.1, -0.05) is 38.6 Å². The van der Waals surface area contributed by atoms with E-state index in [4.69, 9.17) is 0 Å². The maximum Gasteiger partial charge on any atom is 0.232 e. The number of hydrogen-bond acceptors (Lipinski definition) is 5. The van der Waals surface area contributed by atoms with Crippen molar-refractivity contribution in [1.82, 2.24) is 15.2 Å². The Morgan fingerprint density at radius 1 is 1.12 bits per heavy atom. The van der Waals surface area contributed by atoms with Gasteiger partial charge in [-0.3, -0.25) is 20.3 Å². The van der Waals surface area contributed by atoms with E-state index in [-0.39, 0.29) is 5.41 Å². The second-order valence-electron chi connectivity index (χ2n) is 6.79. The summed E-state index contributed by atoms with van der Waals surface area (Å²) in [4.78, 5) is 17.7. The minimum Gasteiger partial charge on any atom is -0.276 e. The summed E-state index contributed by atoms with van der Waals surface area (Å²) in [5, 5.41) is 8.66. The predicted octanol–water partition coefficient (Wildman–Crippen LogP) is 4.24. The Morgan fingerprint density at radius 2 is 1.88 bits per heavy atom. The third kappa shape index (κ3) is 4.43. The fourth-order valence-corrected chi connectivity index (χ4v) is 3.14. The first kappa shape index (κ1) is 18.0. The molecule has 1 aromatic carbocycles. The lowest BCUT2D eigenvalue weighted by Crippen LogP contribution is -2.28. The number of rotatable bonds is 6. The van der Waals surface area contributed by atoms with E-state index >= 15 is 0 Å². The number of hydrazine groups is 1. The molecule has 0 saturated carbocycles. The molecule has 2 aromatic heterocycles. The van der Waals surface area contributed by atoms with Crippen LogP contribution in [0.2, 0.25) is 0 Å². The van der Waals surface area contributed by atoms with Crippen LogP contribution in [0.1, 0.15) is 26.5 Å². The van der Waals surface area contributed by atoms with Gasteiger partial charge in [-0.25, -0.2) is 5.01 Å². The zero-order chi connectivity index (χ0) is 18.6. The van der Waals surface area contributed by atoms with E-state index in [0.717, 1.165) is 27.6 Å². The second kappa shape index (κ2) is 7.61. The molecule has 0 aliphatic rings. The average molecular weight is 367 g/mol. The summed E-state index contributed by atoms with van der Waals surface area (Å²) < 4.78 is 0. The van der Waals surface area contributed by atoms with Crippen LogP contribution in [0.4, 0.5) is 11.5 Å². The summed E-state index contributed by atoms with van der Waals surface area (Å²) in [6, 6.07) is 13.6. The molecule has 0 bridgehead atoms. The molecular weight excluding hydrogens is 346 g/mol. The van der Waals surface area contributed by atoms with Gasteiger partial charge in [0.1, 0.15) is 5.82 Å². The number of hydrogen-bond donors (Lipinski definition) is 2. The third-order valence-electron chi connectivity index (χ3n) is 3.67. The first-order chi connectivity index (χ1) is 12.5. The van der Waals surface area contributed by atoms with E-state index in [9.17, 15) is 4.79 Å². The maximum absolute atomic E-state index is 11.6. The van der Waals surface area contributed by atoms with Gasteiger partial charge >= 0.3 is 0 Å². The fourth-order valence-electron chi connectivity index (χ4n) is 2.28. The van der Waals surface area contributed by atoms with Crippen LogP contribution in [0.15, 0.2) is 64.6 Å². The number of carbonyl (C=O) groups is 1. The Hall–Kier alpha value is -2.80. The molecule has 3 rings (SSSR count). The Kier molecular flexibility index (Phi) is 5.27. The van der Waals surface area contributed by atoms with E-state index < -0.39 is 0 Å². The van der Waals surface area contributed by atoms with Gasteiger partial charge in [-0.2, -0.15) is 5.10 Å². The number of aromatic amines is 1.